The van der Waals surface area contributed by atoms with E-state index in [2.05, 4.69) is 15.3 Å². The normalized spacial score (nSPS) is 10.4. The molecular formula is C14H16FN3OS. The first-order chi connectivity index (χ1) is 9.63. The van der Waals surface area contributed by atoms with Crippen LogP contribution in [0.25, 0.3) is 0 Å². The van der Waals surface area contributed by atoms with Crippen LogP contribution < -0.4 is 10.1 Å². The number of rotatable bonds is 5. The van der Waals surface area contributed by atoms with Gasteiger partial charge in [0.2, 0.25) is 5.88 Å². The average Bonchev–Trinajstić information content (AvgIpc) is 2.44. The number of aromatic nitrogens is 2. The quantitative estimate of drug-likeness (QED) is 0.670. The molecule has 1 heterocycles. The molecule has 0 unspecified atom stereocenters. The van der Waals surface area contributed by atoms with Crippen LogP contribution in [-0.4, -0.2) is 22.8 Å². The zero-order chi connectivity index (χ0) is 14.5. The van der Waals surface area contributed by atoms with Gasteiger partial charge in [0.05, 0.1) is 0 Å². The van der Waals surface area contributed by atoms with Crippen molar-refractivity contribution in [3.8, 4) is 11.6 Å². The van der Waals surface area contributed by atoms with E-state index in [0.717, 1.165) is 6.54 Å². The molecule has 2 aromatic rings. The van der Waals surface area contributed by atoms with Crippen LogP contribution in [-0.2, 0) is 0 Å². The van der Waals surface area contributed by atoms with Crippen LogP contribution >= 0.6 is 11.8 Å². The molecule has 106 valence electrons. The molecule has 1 N–H and O–H groups in total. The molecule has 4 nitrogen and oxygen atoms in total. The Balaban J connectivity index is 2.32. The Morgan fingerprint density at radius 1 is 1.35 bits per heavy atom. The van der Waals surface area contributed by atoms with Gasteiger partial charge in [0.15, 0.2) is 16.7 Å². The molecule has 0 saturated carbocycles. The van der Waals surface area contributed by atoms with Gasteiger partial charge in [-0.15, -0.1) is 0 Å². The van der Waals surface area contributed by atoms with Crippen molar-refractivity contribution in [1.82, 2.24) is 9.97 Å². The zero-order valence-electron chi connectivity index (χ0n) is 11.6. The molecule has 6 heteroatoms. The van der Waals surface area contributed by atoms with Gasteiger partial charge in [-0.2, -0.15) is 4.98 Å². The summed E-state index contributed by atoms with van der Waals surface area (Å²) in [6.07, 6.45) is 1.88. The molecule has 0 saturated heterocycles. The first kappa shape index (κ1) is 14.6. The molecule has 0 spiro atoms. The Morgan fingerprint density at radius 2 is 2.15 bits per heavy atom. The third kappa shape index (κ3) is 3.39. The lowest BCUT2D eigenvalue weighted by molar-refractivity contribution is 0.421. The lowest BCUT2D eigenvalue weighted by Crippen LogP contribution is -2.02. The van der Waals surface area contributed by atoms with Crippen molar-refractivity contribution in [2.45, 2.75) is 19.0 Å². The number of hydrogen-bond acceptors (Lipinski definition) is 5. The van der Waals surface area contributed by atoms with E-state index in [9.17, 15) is 4.39 Å². The Labute approximate surface area is 121 Å². The minimum Gasteiger partial charge on any atom is -0.436 e. The predicted octanol–water partition coefficient (Wildman–Crippen LogP) is 3.87. The fraction of sp³-hybridized carbons (Fsp3) is 0.286. The Morgan fingerprint density at radius 3 is 2.85 bits per heavy atom. The smallest absolute Gasteiger partial charge is 0.225 e. The summed E-state index contributed by atoms with van der Waals surface area (Å²) in [4.78, 5) is 8.51. The van der Waals surface area contributed by atoms with Crippen molar-refractivity contribution in [3.05, 3.63) is 35.6 Å². The predicted molar refractivity (Wildman–Crippen MR) is 79.2 cm³/mol. The van der Waals surface area contributed by atoms with Crippen LogP contribution in [0.4, 0.5) is 10.2 Å². The van der Waals surface area contributed by atoms with Crippen molar-refractivity contribution in [2.24, 2.45) is 0 Å². The third-order valence-electron chi connectivity index (χ3n) is 2.59. The maximum Gasteiger partial charge on any atom is 0.225 e. The molecule has 1 aromatic heterocycles. The van der Waals surface area contributed by atoms with Gasteiger partial charge in [0.25, 0.3) is 0 Å². The van der Waals surface area contributed by atoms with E-state index < -0.39 is 0 Å². The number of ether oxygens (including phenoxy) is 1. The number of anilines is 1. The summed E-state index contributed by atoms with van der Waals surface area (Å²) >= 11 is 1.40. The first-order valence-corrected chi connectivity index (χ1v) is 7.46. The highest BCUT2D eigenvalue weighted by Gasteiger charge is 2.10. The number of benzene rings is 1. The van der Waals surface area contributed by atoms with Gasteiger partial charge in [-0.25, -0.2) is 9.37 Å². The highest BCUT2D eigenvalue weighted by molar-refractivity contribution is 7.98. The fourth-order valence-corrected chi connectivity index (χ4v) is 2.00. The maximum atomic E-state index is 13.9. The van der Waals surface area contributed by atoms with Crippen molar-refractivity contribution in [2.75, 3.05) is 18.1 Å². The second kappa shape index (κ2) is 6.56. The van der Waals surface area contributed by atoms with E-state index in [0.29, 0.717) is 22.4 Å². The molecular weight excluding hydrogens is 277 g/mol. The molecule has 0 fully saturated rings. The van der Waals surface area contributed by atoms with Gasteiger partial charge in [-0.3, -0.25) is 0 Å². The van der Waals surface area contributed by atoms with Crippen molar-refractivity contribution >= 4 is 17.6 Å². The molecule has 0 atom stereocenters. The molecule has 0 aliphatic heterocycles. The molecule has 20 heavy (non-hydrogen) atoms. The third-order valence-corrected chi connectivity index (χ3v) is 3.14. The van der Waals surface area contributed by atoms with Crippen LogP contribution in [0.1, 0.15) is 12.5 Å². The van der Waals surface area contributed by atoms with Crippen LogP contribution in [0.2, 0.25) is 0 Å². The van der Waals surface area contributed by atoms with E-state index in [1.165, 1.54) is 11.8 Å². The summed E-state index contributed by atoms with van der Waals surface area (Å²) in [6.45, 7) is 4.41. The van der Waals surface area contributed by atoms with E-state index in [-0.39, 0.29) is 11.6 Å². The number of aryl methyl sites for hydroxylation is 1. The molecule has 2 rings (SSSR count). The summed E-state index contributed by atoms with van der Waals surface area (Å²) in [5, 5.41) is 3.67. The minimum absolute atomic E-state index is 0.165. The molecule has 1 aromatic carbocycles. The number of thioether (sulfide) groups is 1. The average molecular weight is 293 g/mol. The number of halogens is 1. The van der Waals surface area contributed by atoms with Crippen LogP contribution in [0, 0.1) is 12.7 Å². The van der Waals surface area contributed by atoms with Crippen LogP contribution in [0.15, 0.2) is 29.4 Å². The molecule has 0 bridgehead atoms. The monoisotopic (exact) mass is 293 g/mol. The van der Waals surface area contributed by atoms with Crippen molar-refractivity contribution < 1.29 is 9.13 Å². The number of hydrogen-bond donors (Lipinski definition) is 1. The Hall–Kier alpha value is -1.82. The summed E-state index contributed by atoms with van der Waals surface area (Å²) in [6, 6.07) is 6.68. The SMILES string of the molecule is CCNc1cc(Oc2cccc(C)c2F)nc(SC)n1. The molecule has 0 aliphatic rings. The lowest BCUT2D eigenvalue weighted by Gasteiger charge is -2.10. The maximum absolute atomic E-state index is 13.9. The largest absolute Gasteiger partial charge is 0.436 e. The van der Waals surface area contributed by atoms with Gasteiger partial charge in [0, 0.05) is 12.6 Å². The van der Waals surface area contributed by atoms with Gasteiger partial charge >= 0.3 is 0 Å². The Bertz CT molecular complexity index is 607. The topological polar surface area (TPSA) is 47.0 Å². The zero-order valence-corrected chi connectivity index (χ0v) is 12.4. The van der Waals surface area contributed by atoms with Crippen LogP contribution in [0.5, 0.6) is 11.6 Å². The molecule has 0 radical (unpaired) electrons. The van der Waals surface area contributed by atoms with Crippen molar-refractivity contribution in [1.29, 1.82) is 0 Å². The van der Waals surface area contributed by atoms with Gasteiger partial charge in [-0.1, -0.05) is 23.9 Å². The highest BCUT2D eigenvalue weighted by atomic mass is 32.2. The number of nitrogens with zero attached hydrogens (tertiary/aromatic N) is 2. The summed E-state index contributed by atoms with van der Waals surface area (Å²) in [7, 11) is 0. The standard InChI is InChI=1S/C14H16FN3OS/c1-4-16-11-8-12(18-14(17-11)20-3)19-10-7-5-6-9(2)13(10)15/h5-8H,4H2,1-3H3,(H,16,17,18). The van der Waals surface area contributed by atoms with E-state index in [1.807, 2.05) is 13.2 Å². The van der Waals surface area contributed by atoms with Crippen LogP contribution in [0.3, 0.4) is 0 Å². The minimum atomic E-state index is -0.373. The first-order valence-electron chi connectivity index (χ1n) is 6.24. The van der Waals surface area contributed by atoms with Gasteiger partial charge < -0.3 is 10.1 Å². The van der Waals surface area contributed by atoms with E-state index in [4.69, 9.17) is 4.74 Å². The van der Waals surface area contributed by atoms with Crippen molar-refractivity contribution in [3.63, 3.8) is 0 Å². The second-order valence-corrected chi connectivity index (χ2v) is 4.87. The van der Waals surface area contributed by atoms with E-state index >= 15 is 0 Å². The highest BCUT2D eigenvalue weighted by Crippen LogP contribution is 2.27. The fourth-order valence-electron chi connectivity index (χ4n) is 1.63. The van der Waals surface area contributed by atoms with Gasteiger partial charge in [-0.05, 0) is 31.7 Å². The molecule has 0 aliphatic carbocycles. The van der Waals surface area contributed by atoms with Gasteiger partial charge in [0.1, 0.15) is 5.82 Å². The number of nitrogens with one attached hydrogen (secondary N) is 1. The summed E-state index contributed by atoms with van der Waals surface area (Å²) in [5.74, 6) is 0.778. The summed E-state index contributed by atoms with van der Waals surface area (Å²) in [5.41, 5.74) is 0.536. The Kier molecular flexibility index (Phi) is 4.79. The van der Waals surface area contributed by atoms with E-state index in [1.54, 1.807) is 31.2 Å². The second-order valence-electron chi connectivity index (χ2n) is 4.10. The summed E-state index contributed by atoms with van der Waals surface area (Å²) < 4.78 is 19.5. The lowest BCUT2D eigenvalue weighted by atomic mass is 10.2. The molecule has 0 amide bonds.